The standard InChI is InChI=1S/C28H30N2O2/c1-20(2)26-12-25(3)13-27(15-26,21-4-8-23(9-5-21)31-18-29)17-28(14-25,16-26)22-6-10-24(11-7-22)32-19-30/h4-11,20H,12-17H2,1-3H3. The minimum atomic E-state index is 0.126. The predicted molar refractivity (Wildman–Crippen MR) is 122 cm³/mol. The molecule has 4 heteroatoms. The van der Waals surface area contributed by atoms with Gasteiger partial charge in [-0.2, -0.15) is 0 Å². The van der Waals surface area contributed by atoms with E-state index in [1.165, 1.54) is 43.2 Å². The first-order valence-electron chi connectivity index (χ1n) is 11.6. The van der Waals surface area contributed by atoms with Crippen LogP contribution in [0, 0.1) is 39.8 Å². The smallest absolute Gasteiger partial charge is 0.292 e. The number of hydrogen-bond donors (Lipinski definition) is 0. The summed E-state index contributed by atoms with van der Waals surface area (Å²) in [6, 6.07) is 16.5. The number of hydrogen-bond acceptors (Lipinski definition) is 4. The van der Waals surface area contributed by atoms with Crippen LogP contribution in [0.4, 0.5) is 0 Å². The molecule has 4 aliphatic rings. The zero-order chi connectivity index (χ0) is 22.6. The van der Waals surface area contributed by atoms with Crippen molar-refractivity contribution in [1.82, 2.24) is 0 Å². The van der Waals surface area contributed by atoms with Crippen LogP contribution in [0.1, 0.15) is 70.4 Å². The fourth-order valence-corrected chi connectivity index (χ4v) is 8.31. The van der Waals surface area contributed by atoms with Crippen LogP contribution in [0.2, 0.25) is 0 Å². The maximum Gasteiger partial charge on any atom is 0.292 e. The first kappa shape index (κ1) is 20.9. The van der Waals surface area contributed by atoms with Gasteiger partial charge in [0.2, 0.25) is 0 Å². The molecule has 2 atom stereocenters. The van der Waals surface area contributed by atoms with Crippen LogP contribution in [-0.2, 0) is 10.8 Å². The second kappa shape index (κ2) is 7.01. The molecule has 2 aromatic rings. The highest BCUT2D eigenvalue weighted by Crippen LogP contribution is 2.75. The van der Waals surface area contributed by atoms with E-state index in [1.54, 1.807) is 12.5 Å². The van der Waals surface area contributed by atoms with Gasteiger partial charge in [-0.1, -0.05) is 45.0 Å². The van der Waals surface area contributed by atoms with E-state index in [0.717, 1.165) is 6.42 Å². The van der Waals surface area contributed by atoms with E-state index in [0.29, 0.717) is 28.2 Å². The molecule has 0 saturated heterocycles. The fraction of sp³-hybridized carbons (Fsp3) is 0.500. The van der Waals surface area contributed by atoms with Crippen LogP contribution in [0.3, 0.4) is 0 Å². The van der Waals surface area contributed by atoms with E-state index in [4.69, 9.17) is 20.0 Å². The number of nitrogens with zero attached hydrogens (tertiary/aromatic N) is 2. The van der Waals surface area contributed by atoms with Crippen LogP contribution in [-0.4, -0.2) is 0 Å². The Balaban J connectivity index is 1.62. The lowest BCUT2D eigenvalue weighted by molar-refractivity contribution is -0.153. The van der Waals surface area contributed by atoms with Crippen LogP contribution >= 0.6 is 0 Å². The Morgan fingerprint density at radius 1 is 0.688 bits per heavy atom. The lowest BCUT2D eigenvalue weighted by Gasteiger charge is -2.72. The predicted octanol–water partition coefficient (Wildman–Crippen LogP) is 6.61. The first-order valence-corrected chi connectivity index (χ1v) is 11.6. The van der Waals surface area contributed by atoms with Crippen molar-refractivity contribution in [2.45, 2.75) is 70.1 Å². The summed E-state index contributed by atoms with van der Waals surface area (Å²) in [7, 11) is 0. The van der Waals surface area contributed by atoms with Crippen molar-refractivity contribution in [1.29, 1.82) is 10.5 Å². The van der Waals surface area contributed by atoms with Gasteiger partial charge in [-0.15, -0.1) is 10.5 Å². The molecule has 0 amide bonds. The maximum absolute atomic E-state index is 8.86. The molecule has 32 heavy (non-hydrogen) atoms. The van der Waals surface area contributed by atoms with Gasteiger partial charge >= 0.3 is 0 Å². The molecule has 4 nitrogen and oxygen atoms in total. The van der Waals surface area contributed by atoms with Crippen molar-refractivity contribution >= 4 is 0 Å². The highest BCUT2D eigenvalue weighted by atomic mass is 16.5. The van der Waals surface area contributed by atoms with Gasteiger partial charge in [0.15, 0.2) is 0 Å². The van der Waals surface area contributed by atoms with E-state index >= 15 is 0 Å². The Hall–Kier alpha value is -2.98. The van der Waals surface area contributed by atoms with Crippen molar-refractivity contribution in [2.24, 2.45) is 16.7 Å². The van der Waals surface area contributed by atoms with Crippen molar-refractivity contribution < 1.29 is 9.47 Å². The molecular weight excluding hydrogens is 396 g/mol. The minimum Gasteiger partial charge on any atom is -0.388 e. The third kappa shape index (κ3) is 3.08. The monoisotopic (exact) mass is 426 g/mol. The Labute approximate surface area is 190 Å². The van der Waals surface area contributed by atoms with Crippen molar-refractivity contribution in [3.63, 3.8) is 0 Å². The summed E-state index contributed by atoms with van der Waals surface area (Å²) in [4.78, 5) is 0. The van der Waals surface area contributed by atoms with Gasteiger partial charge in [-0.3, -0.25) is 0 Å². The van der Waals surface area contributed by atoms with Crippen molar-refractivity contribution in [3.8, 4) is 24.0 Å². The second-order valence-electron chi connectivity index (χ2n) is 11.4. The van der Waals surface area contributed by atoms with Gasteiger partial charge in [-0.05, 0) is 101 Å². The van der Waals surface area contributed by atoms with Crippen LogP contribution in [0.5, 0.6) is 11.5 Å². The van der Waals surface area contributed by atoms with Gasteiger partial charge in [0, 0.05) is 0 Å². The van der Waals surface area contributed by atoms with E-state index in [2.05, 4.69) is 45.0 Å². The average molecular weight is 427 g/mol. The topological polar surface area (TPSA) is 66.0 Å². The zero-order valence-corrected chi connectivity index (χ0v) is 19.1. The molecule has 4 aliphatic carbocycles. The SMILES string of the molecule is CC(C)C12CC3(C)CC(c4ccc(OC#N)cc4)(CC(c4ccc(OC#N)cc4)(C3)C1)C2. The lowest BCUT2D eigenvalue weighted by atomic mass is 9.32. The molecule has 0 N–H and O–H groups in total. The van der Waals surface area contributed by atoms with Gasteiger partial charge in [0.1, 0.15) is 11.5 Å². The van der Waals surface area contributed by atoms with Gasteiger partial charge in [0.25, 0.3) is 12.5 Å². The Morgan fingerprint density at radius 2 is 1.12 bits per heavy atom. The Kier molecular flexibility index (Phi) is 4.58. The molecular formula is C28H30N2O2. The van der Waals surface area contributed by atoms with Gasteiger partial charge < -0.3 is 9.47 Å². The molecule has 0 radical (unpaired) electrons. The minimum absolute atomic E-state index is 0.126. The van der Waals surface area contributed by atoms with Gasteiger partial charge in [-0.25, -0.2) is 0 Å². The Bertz CT molecular complexity index is 1030. The summed E-state index contributed by atoms with van der Waals surface area (Å²) in [6.07, 6.45) is 10.9. The molecule has 0 aromatic heterocycles. The van der Waals surface area contributed by atoms with Crippen LogP contribution in [0.15, 0.2) is 48.5 Å². The van der Waals surface area contributed by atoms with Gasteiger partial charge in [0.05, 0.1) is 0 Å². The van der Waals surface area contributed by atoms with Crippen molar-refractivity contribution in [2.75, 3.05) is 0 Å². The first-order chi connectivity index (χ1) is 15.3. The average Bonchev–Trinajstić information content (AvgIpc) is 2.73. The molecule has 2 unspecified atom stereocenters. The fourth-order valence-electron chi connectivity index (χ4n) is 8.31. The summed E-state index contributed by atoms with van der Waals surface area (Å²) in [6.45, 7) is 7.32. The Morgan fingerprint density at radius 3 is 1.50 bits per heavy atom. The third-order valence-electron chi connectivity index (χ3n) is 8.85. The summed E-state index contributed by atoms with van der Waals surface area (Å²) in [5, 5.41) is 17.7. The summed E-state index contributed by atoms with van der Waals surface area (Å²) in [5.74, 6) is 1.82. The van der Waals surface area contributed by atoms with Crippen LogP contribution in [0.25, 0.3) is 0 Å². The number of rotatable bonds is 5. The summed E-state index contributed by atoms with van der Waals surface area (Å²) < 4.78 is 10.1. The van der Waals surface area contributed by atoms with E-state index in [9.17, 15) is 0 Å². The van der Waals surface area contributed by atoms with E-state index in [-0.39, 0.29) is 10.8 Å². The molecule has 0 aliphatic heterocycles. The quantitative estimate of drug-likeness (QED) is 0.504. The molecule has 4 bridgehead atoms. The summed E-state index contributed by atoms with van der Waals surface area (Å²) >= 11 is 0. The molecule has 0 spiro atoms. The zero-order valence-electron chi connectivity index (χ0n) is 19.1. The highest BCUT2D eigenvalue weighted by Gasteiger charge is 2.67. The molecule has 164 valence electrons. The third-order valence-corrected chi connectivity index (χ3v) is 8.85. The number of benzene rings is 2. The number of ether oxygens (including phenoxy) is 2. The lowest BCUT2D eigenvalue weighted by Crippen LogP contribution is -2.64. The van der Waals surface area contributed by atoms with Crippen molar-refractivity contribution in [3.05, 3.63) is 59.7 Å². The highest BCUT2D eigenvalue weighted by molar-refractivity contribution is 5.43. The molecule has 6 rings (SSSR count). The van der Waals surface area contributed by atoms with Crippen LogP contribution < -0.4 is 9.47 Å². The largest absolute Gasteiger partial charge is 0.388 e. The normalized spacial score (nSPS) is 34.7. The molecule has 2 aromatic carbocycles. The van der Waals surface area contributed by atoms with E-state index < -0.39 is 0 Å². The maximum atomic E-state index is 8.86. The molecule has 0 heterocycles. The molecule has 4 fully saturated rings. The molecule has 4 saturated carbocycles. The second-order valence-corrected chi connectivity index (χ2v) is 11.4. The summed E-state index contributed by atoms with van der Waals surface area (Å²) in [5.41, 5.74) is 3.62. The van der Waals surface area contributed by atoms with E-state index in [1.807, 2.05) is 24.3 Å². The number of nitriles is 2.